The molecule has 0 amide bonds. The van der Waals surface area contributed by atoms with E-state index in [2.05, 4.69) is 4.98 Å². The van der Waals surface area contributed by atoms with Gasteiger partial charge in [0.1, 0.15) is 10.8 Å². The van der Waals surface area contributed by atoms with Crippen LogP contribution in [-0.2, 0) is 0 Å². The topological polar surface area (TPSA) is 74.2 Å². The van der Waals surface area contributed by atoms with E-state index in [1.165, 1.54) is 18.3 Å². The number of allylic oxidation sites excluding steroid dienone is 1. The first-order valence-electron chi connectivity index (χ1n) is 4.99. The van der Waals surface area contributed by atoms with Gasteiger partial charge in [-0.25, -0.2) is 9.37 Å². The second kappa shape index (κ2) is 4.73. The Morgan fingerprint density at radius 1 is 1.53 bits per heavy atom. The molecule has 0 aromatic carbocycles. The molecule has 6 heteroatoms. The molecule has 4 N–H and O–H groups in total. The number of rotatable bonds is 2. The van der Waals surface area contributed by atoms with Crippen molar-refractivity contribution in [1.29, 1.82) is 0 Å². The summed E-state index contributed by atoms with van der Waals surface area (Å²) in [6.45, 7) is 0. The van der Waals surface area contributed by atoms with Crippen LogP contribution in [0.4, 0.5) is 10.2 Å². The van der Waals surface area contributed by atoms with Crippen molar-refractivity contribution in [2.45, 2.75) is 12.5 Å². The number of hydrogen-bond donors (Lipinski definition) is 2. The highest BCUT2D eigenvalue weighted by molar-refractivity contribution is 6.34. The first-order chi connectivity index (χ1) is 8.08. The maximum absolute atomic E-state index is 13.5. The molecule has 17 heavy (non-hydrogen) atoms. The SMILES string of the molecule is Nc1nccc(OC2=CCC(N)C=C2F)c1Cl. The van der Waals surface area contributed by atoms with E-state index in [0.29, 0.717) is 6.42 Å². The zero-order valence-corrected chi connectivity index (χ0v) is 9.62. The molecular weight excluding hydrogens is 245 g/mol. The van der Waals surface area contributed by atoms with Crippen molar-refractivity contribution >= 4 is 17.4 Å². The van der Waals surface area contributed by atoms with Crippen LogP contribution in [0.2, 0.25) is 5.02 Å². The van der Waals surface area contributed by atoms with Crippen LogP contribution in [0.5, 0.6) is 5.75 Å². The molecule has 0 spiro atoms. The molecule has 1 aromatic rings. The predicted octanol–water partition coefficient (Wildman–Crippen LogP) is 2.16. The highest BCUT2D eigenvalue weighted by Gasteiger charge is 2.16. The molecular formula is C11H11ClFN3O. The third-order valence-electron chi connectivity index (χ3n) is 2.27. The molecule has 4 nitrogen and oxygen atoms in total. The minimum absolute atomic E-state index is 0.0965. The van der Waals surface area contributed by atoms with Gasteiger partial charge in [0.05, 0.1) is 0 Å². The van der Waals surface area contributed by atoms with Crippen LogP contribution < -0.4 is 16.2 Å². The van der Waals surface area contributed by atoms with E-state index in [0.717, 1.165) is 0 Å². The highest BCUT2D eigenvalue weighted by atomic mass is 35.5. The molecule has 0 fully saturated rings. The lowest BCUT2D eigenvalue weighted by Gasteiger charge is -2.15. The van der Waals surface area contributed by atoms with Crippen LogP contribution in [0.25, 0.3) is 0 Å². The molecule has 0 aliphatic heterocycles. The number of ether oxygens (including phenoxy) is 1. The van der Waals surface area contributed by atoms with E-state index in [-0.39, 0.29) is 28.4 Å². The lowest BCUT2D eigenvalue weighted by Crippen LogP contribution is -2.20. The predicted molar refractivity (Wildman–Crippen MR) is 64.2 cm³/mol. The summed E-state index contributed by atoms with van der Waals surface area (Å²) < 4.78 is 18.9. The number of nitrogen functional groups attached to an aromatic ring is 1. The Kier molecular flexibility index (Phi) is 3.31. The minimum atomic E-state index is -0.504. The minimum Gasteiger partial charge on any atom is -0.453 e. The fraction of sp³-hybridized carbons (Fsp3) is 0.182. The Balaban J connectivity index is 2.22. The van der Waals surface area contributed by atoms with Gasteiger partial charge in [0, 0.05) is 18.3 Å². The average Bonchev–Trinajstić information content (AvgIpc) is 2.28. The third-order valence-corrected chi connectivity index (χ3v) is 2.65. The van der Waals surface area contributed by atoms with E-state index in [9.17, 15) is 4.39 Å². The molecule has 1 heterocycles. The van der Waals surface area contributed by atoms with E-state index < -0.39 is 5.83 Å². The molecule has 1 aliphatic rings. The van der Waals surface area contributed by atoms with Gasteiger partial charge >= 0.3 is 0 Å². The first-order valence-corrected chi connectivity index (χ1v) is 5.37. The lowest BCUT2D eigenvalue weighted by atomic mass is 10.1. The smallest absolute Gasteiger partial charge is 0.162 e. The number of anilines is 1. The Morgan fingerprint density at radius 2 is 2.29 bits per heavy atom. The van der Waals surface area contributed by atoms with Gasteiger partial charge in [0.15, 0.2) is 17.3 Å². The number of pyridine rings is 1. The van der Waals surface area contributed by atoms with Crippen molar-refractivity contribution in [3.63, 3.8) is 0 Å². The molecule has 0 bridgehead atoms. The number of hydrogen-bond acceptors (Lipinski definition) is 4. The molecule has 1 atom stereocenters. The van der Waals surface area contributed by atoms with Gasteiger partial charge in [-0.05, 0) is 18.6 Å². The molecule has 1 aliphatic carbocycles. The van der Waals surface area contributed by atoms with E-state index >= 15 is 0 Å². The molecule has 1 unspecified atom stereocenters. The van der Waals surface area contributed by atoms with Crippen molar-refractivity contribution in [2.24, 2.45) is 5.73 Å². The summed E-state index contributed by atoms with van der Waals surface area (Å²) in [5.74, 6) is 0.000466. The van der Waals surface area contributed by atoms with Crippen molar-refractivity contribution in [1.82, 2.24) is 4.98 Å². The molecule has 1 aromatic heterocycles. The van der Waals surface area contributed by atoms with E-state index in [1.807, 2.05) is 0 Å². The van der Waals surface area contributed by atoms with Crippen LogP contribution in [0, 0.1) is 0 Å². The van der Waals surface area contributed by atoms with Crippen LogP contribution in [-0.4, -0.2) is 11.0 Å². The fourth-order valence-electron chi connectivity index (χ4n) is 1.41. The van der Waals surface area contributed by atoms with Gasteiger partial charge in [-0.2, -0.15) is 0 Å². The first kappa shape index (κ1) is 11.9. The van der Waals surface area contributed by atoms with E-state index in [4.69, 9.17) is 27.8 Å². The fourth-order valence-corrected chi connectivity index (χ4v) is 1.56. The van der Waals surface area contributed by atoms with Crippen LogP contribution >= 0.6 is 11.6 Å². The summed E-state index contributed by atoms with van der Waals surface area (Å²) in [6.07, 6.45) is 4.83. The Morgan fingerprint density at radius 3 is 3.00 bits per heavy atom. The van der Waals surface area contributed by atoms with Gasteiger partial charge in [0.2, 0.25) is 0 Å². The Bertz CT molecular complexity index is 501. The Labute approximate surface area is 103 Å². The molecule has 90 valence electrons. The average molecular weight is 256 g/mol. The maximum Gasteiger partial charge on any atom is 0.162 e. The largest absolute Gasteiger partial charge is 0.453 e. The summed E-state index contributed by atoms with van der Waals surface area (Å²) >= 11 is 5.88. The summed E-state index contributed by atoms with van der Waals surface area (Å²) in [7, 11) is 0. The van der Waals surface area contributed by atoms with Crippen molar-refractivity contribution < 1.29 is 9.13 Å². The third kappa shape index (κ3) is 2.57. The van der Waals surface area contributed by atoms with Crippen LogP contribution in [0.1, 0.15) is 6.42 Å². The molecule has 0 saturated carbocycles. The zero-order chi connectivity index (χ0) is 12.4. The van der Waals surface area contributed by atoms with Gasteiger partial charge < -0.3 is 16.2 Å². The highest BCUT2D eigenvalue weighted by Crippen LogP contribution is 2.32. The maximum atomic E-state index is 13.5. The van der Waals surface area contributed by atoms with Crippen molar-refractivity contribution in [3.05, 3.63) is 41.0 Å². The second-order valence-electron chi connectivity index (χ2n) is 3.59. The van der Waals surface area contributed by atoms with E-state index in [1.54, 1.807) is 6.08 Å². The van der Waals surface area contributed by atoms with Gasteiger partial charge in [-0.15, -0.1) is 0 Å². The summed E-state index contributed by atoms with van der Waals surface area (Å²) in [5, 5.41) is 0.163. The number of halogens is 2. The normalized spacial score (nSPS) is 19.6. The zero-order valence-electron chi connectivity index (χ0n) is 8.86. The summed E-state index contributed by atoms with van der Waals surface area (Å²) in [5.41, 5.74) is 11.1. The summed E-state index contributed by atoms with van der Waals surface area (Å²) in [6, 6.07) is 1.20. The van der Waals surface area contributed by atoms with Gasteiger partial charge in [0.25, 0.3) is 0 Å². The molecule has 0 saturated heterocycles. The second-order valence-corrected chi connectivity index (χ2v) is 3.97. The lowest BCUT2D eigenvalue weighted by molar-refractivity contribution is 0.393. The van der Waals surface area contributed by atoms with Gasteiger partial charge in [-0.1, -0.05) is 11.6 Å². The molecule has 0 radical (unpaired) electrons. The number of nitrogens with zero attached hydrogens (tertiary/aromatic N) is 1. The van der Waals surface area contributed by atoms with Crippen molar-refractivity contribution in [2.75, 3.05) is 5.73 Å². The van der Waals surface area contributed by atoms with Gasteiger partial charge in [-0.3, -0.25) is 0 Å². The quantitative estimate of drug-likeness (QED) is 0.849. The number of aromatic nitrogens is 1. The summed E-state index contributed by atoms with van der Waals surface area (Å²) in [4.78, 5) is 3.78. The monoisotopic (exact) mass is 255 g/mol. The number of nitrogens with two attached hydrogens (primary N) is 2. The standard InChI is InChI=1S/C11H11ClFN3O/c12-10-9(3-4-16-11(10)15)17-8-2-1-6(14)5-7(8)13/h2-6H,1,14H2,(H2,15,16). The van der Waals surface area contributed by atoms with Crippen LogP contribution in [0.15, 0.2) is 36.0 Å². The Hall–Kier alpha value is -1.59. The molecule has 2 rings (SSSR count). The van der Waals surface area contributed by atoms with Crippen LogP contribution in [0.3, 0.4) is 0 Å². The van der Waals surface area contributed by atoms with Crippen molar-refractivity contribution in [3.8, 4) is 5.75 Å².